The van der Waals surface area contributed by atoms with Crippen molar-refractivity contribution in [1.82, 2.24) is 10.4 Å². The van der Waals surface area contributed by atoms with Gasteiger partial charge in [-0.3, -0.25) is 24.8 Å². The fraction of sp³-hybridized carbons (Fsp3) is 0.500. The lowest BCUT2D eigenvalue weighted by Crippen LogP contribution is -2.45. The fourth-order valence-corrected chi connectivity index (χ4v) is 3.13. The van der Waals surface area contributed by atoms with Gasteiger partial charge in [0.1, 0.15) is 5.78 Å². The van der Waals surface area contributed by atoms with Gasteiger partial charge in [-0.1, -0.05) is 6.42 Å². The zero-order valence-electron chi connectivity index (χ0n) is 13.8. The van der Waals surface area contributed by atoms with Crippen molar-refractivity contribution in [2.45, 2.75) is 38.5 Å². The average Bonchev–Trinajstić information content (AvgIpc) is 2.80. The summed E-state index contributed by atoms with van der Waals surface area (Å²) in [4.78, 5) is 37.7. The van der Waals surface area contributed by atoms with E-state index in [0.29, 0.717) is 37.2 Å². The molecule has 3 rings (SSSR count). The van der Waals surface area contributed by atoms with Gasteiger partial charge in [-0.15, -0.1) is 0 Å². The van der Waals surface area contributed by atoms with E-state index in [1.54, 1.807) is 12.1 Å². The Labute approximate surface area is 141 Å². The monoisotopic (exact) mass is 329 g/mol. The third-order valence-electron chi connectivity index (χ3n) is 4.63. The zero-order valence-corrected chi connectivity index (χ0v) is 13.8. The molecule has 6 heteroatoms. The number of nitrogens with zero attached hydrogens (tertiary/aromatic N) is 2. The number of amides is 2. The highest BCUT2D eigenvalue weighted by atomic mass is 16.2. The Hall–Kier alpha value is -2.37. The molecule has 0 bridgehead atoms. The molecule has 128 valence electrons. The minimum absolute atomic E-state index is 0.0181. The number of hydrazine groups is 1. The summed E-state index contributed by atoms with van der Waals surface area (Å²) in [5.41, 5.74) is 4.27. The van der Waals surface area contributed by atoms with E-state index in [2.05, 4.69) is 10.3 Å². The van der Waals surface area contributed by atoms with Crippen molar-refractivity contribution in [1.29, 1.82) is 0 Å². The summed E-state index contributed by atoms with van der Waals surface area (Å²) in [6.45, 7) is 2.03. The SMILES string of the molecule is O=C1CCN(c2ccc(C(=O)NN3CCCCCC3=O)cc2)CC1. The fourth-order valence-electron chi connectivity index (χ4n) is 3.13. The number of benzene rings is 1. The van der Waals surface area contributed by atoms with Crippen LogP contribution >= 0.6 is 0 Å². The molecule has 2 aliphatic heterocycles. The molecule has 1 aromatic rings. The number of hydrogen-bond donors (Lipinski definition) is 1. The van der Waals surface area contributed by atoms with E-state index in [1.165, 1.54) is 5.01 Å². The van der Waals surface area contributed by atoms with E-state index in [4.69, 9.17) is 0 Å². The maximum absolute atomic E-state index is 12.3. The number of Topliss-reactive ketones (excluding diaryl/α,β-unsaturated/α-hetero) is 1. The van der Waals surface area contributed by atoms with Crippen LogP contribution in [0.3, 0.4) is 0 Å². The van der Waals surface area contributed by atoms with Crippen LogP contribution in [0.1, 0.15) is 48.9 Å². The molecule has 2 fully saturated rings. The van der Waals surface area contributed by atoms with E-state index >= 15 is 0 Å². The van der Waals surface area contributed by atoms with E-state index in [9.17, 15) is 14.4 Å². The summed E-state index contributed by atoms with van der Waals surface area (Å²) < 4.78 is 0. The van der Waals surface area contributed by atoms with Crippen molar-refractivity contribution in [2.24, 2.45) is 0 Å². The van der Waals surface area contributed by atoms with Crippen LogP contribution in [0, 0.1) is 0 Å². The number of nitrogens with one attached hydrogen (secondary N) is 1. The lowest BCUT2D eigenvalue weighted by atomic mass is 10.1. The molecule has 0 aliphatic carbocycles. The number of anilines is 1. The Bertz CT molecular complexity index is 617. The molecule has 0 aromatic heterocycles. The predicted octanol–water partition coefficient (Wildman–Crippen LogP) is 1.90. The lowest BCUT2D eigenvalue weighted by Gasteiger charge is -2.28. The van der Waals surface area contributed by atoms with Crippen molar-refractivity contribution in [3.05, 3.63) is 29.8 Å². The van der Waals surface area contributed by atoms with Crippen LogP contribution in [-0.4, -0.2) is 42.2 Å². The van der Waals surface area contributed by atoms with Crippen LogP contribution in [0.2, 0.25) is 0 Å². The summed E-state index contributed by atoms with van der Waals surface area (Å²) >= 11 is 0. The van der Waals surface area contributed by atoms with Gasteiger partial charge < -0.3 is 4.90 Å². The molecule has 2 amide bonds. The first kappa shape index (κ1) is 16.5. The number of ketones is 1. The van der Waals surface area contributed by atoms with Crippen LogP contribution in [0.25, 0.3) is 0 Å². The second kappa shape index (κ2) is 7.47. The molecular formula is C18H23N3O3. The van der Waals surface area contributed by atoms with Gasteiger partial charge in [0.2, 0.25) is 5.91 Å². The third kappa shape index (κ3) is 3.93. The van der Waals surface area contributed by atoms with E-state index < -0.39 is 0 Å². The van der Waals surface area contributed by atoms with E-state index in [0.717, 1.165) is 38.0 Å². The third-order valence-corrected chi connectivity index (χ3v) is 4.63. The van der Waals surface area contributed by atoms with Crippen LogP contribution in [0.4, 0.5) is 5.69 Å². The van der Waals surface area contributed by atoms with Gasteiger partial charge in [-0.25, -0.2) is 0 Å². The van der Waals surface area contributed by atoms with Crippen LogP contribution in [0.5, 0.6) is 0 Å². The first-order chi connectivity index (χ1) is 11.6. The number of carbonyl (C=O) groups is 3. The smallest absolute Gasteiger partial charge is 0.269 e. The number of rotatable bonds is 3. The molecule has 24 heavy (non-hydrogen) atoms. The van der Waals surface area contributed by atoms with Gasteiger partial charge in [0, 0.05) is 50.1 Å². The molecule has 6 nitrogen and oxygen atoms in total. The molecular weight excluding hydrogens is 306 g/mol. The molecule has 0 spiro atoms. The molecule has 2 heterocycles. The molecule has 0 radical (unpaired) electrons. The standard InChI is InChI=1S/C18H23N3O3/c22-16-9-12-20(13-10-16)15-7-5-14(6-8-15)18(24)19-21-11-3-1-2-4-17(21)23/h5-8H,1-4,9-13H2,(H,19,24). The van der Waals surface area contributed by atoms with Gasteiger partial charge in [-0.2, -0.15) is 0 Å². The normalized spacial score (nSPS) is 19.2. The Morgan fingerprint density at radius 1 is 0.875 bits per heavy atom. The van der Waals surface area contributed by atoms with Crippen LogP contribution < -0.4 is 10.3 Å². The number of piperidine rings is 1. The quantitative estimate of drug-likeness (QED) is 0.919. The molecule has 2 aliphatic rings. The second-order valence-corrected chi connectivity index (χ2v) is 6.37. The molecule has 2 saturated heterocycles. The van der Waals surface area contributed by atoms with Crippen molar-refractivity contribution in [2.75, 3.05) is 24.5 Å². The summed E-state index contributed by atoms with van der Waals surface area (Å²) in [5.74, 6) is 0.0328. The molecule has 0 saturated carbocycles. The summed E-state index contributed by atoms with van der Waals surface area (Å²) in [7, 11) is 0. The summed E-state index contributed by atoms with van der Waals surface area (Å²) in [6.07, 6.45) is 4.48. The highest BCUT2D eigenvalue weighted by molar-refractivity contribution is 5.95. The van der Waals surface area contributed by atoms with Gasteiger partial charge in [0.05, 0.1) is 0 Å². The minimum Gasteiger partial charge on any atom is -0.371 e. The molecule has 1 aromatic carbocycles. The first-order valence-corrected chi connectivity index (χ1v) is 8.61. The minimum atomic E-state index is -0.259. The van der Waals surface area contributed by atoms with Gasteiger partial charge >= 0.3 is 0 Å². The summed E-state index contributed by atoms with van der Waals surface area (Å²) in [5, 5.41) is 1.44. The van der Waals surface area contributed by atoms with E-state index in [-0.39, 0.29) is 11.8 Å². The number of carbonyl (C=O) groups excluding carboxylic acids is 3. The number of hydrogen-bond acceptors (Lipinski definition) is 4. The highest BCUT2D eigenvalue weighted by Gasteiger charge is 2.20. The maximum atomic E-state index is 12.3. The van der Waals surface area contributed by atoms with Crippen LogP contribution in [0.15, 0.2) is 24.3 Å². The highest BCUT2D eigenvalue weighted by Crippen LogP contribution is 2.19. The zero-order chi connectivity index (χ0) is 16.9. The van der Waals surface area contributed by atoms with Crippen molar-refractivity contribution < 1.29 is 14.4 Å². The topological polar surface area (TPSA) is 69.7 Å². The van der Waals surface area contributed by atoms with Crippen LogP contribution in [-0.2, 0) is 9.59 Å². The Morgan fingerprint density at radius 3 is 2.29 bits per heavy atom. The van der Waals surface area contributed by atoms with Gasteiger partial charge in [-0.05, 0) is 37.1 Å². The maximum Gasteiger partial charge on any atom is 0.269 e. The Kier molecular flexibility index (Phi) is 5.13. The van der Waals surface area contributed by atoms with Gasteiger partial charge in [0.15, 0.2) is 0 Å². The summed E-state index contributed by atoms with van der Waals surface area (Å²) in [6, 6.07) is 7.33. The lowest BCUT2D eigenvalue weighted by molar-refractivity contribution is -0.133. The average molecular weight is 329 g/mol. The van der Waals surface area contributed by atoms with Gasteiger partial charge in [0.25, 0.3) is 5.91 Å². The van der Waals surface area contributed by atoms with E-state index in [1.807, 2.05) is 12.1 Å². The Morgan fingerprint density at radius 2 is 1.58 bits per heavy atom. The molecule has 0 unspecified atom stereocenters. The first-order valence-electron chi connectivity index (χ1n) is 8.61. The predicted molar refractivity (Wildman–Crippen MR) is 90.5 cm³/mol. The van der Waals surface area contributed by atoms with Crippen molar-refractivity contribution >= 4 is 23.3 Å². The van der Waals surface area contributed by atoms with Crippen molar-refractivity contribution in [3.63, 3.8) is 0 Å². The largest absolute Gasteiger partial charge is 0.371 e. The van der Waals surface area contributed by atoms with Crippen molar-refractivity contribution in [3.8, 4) is 0 Å². The molecule has 0 atom stereocenters. The molecule has 1 N–H and O–H groups in total. The second-order valence-electron chi connectivity index (χ2n) is 6.37. The Balaban J connectivity index is 1.61.